The molecule has 1 saturated carbocycles. The summed E-state index contributed by atoms with van der Waals surface area (Å²) in [4.78, 5) is 19.0. The molecule has 0 saturated heterocycles. The number of rotatable bonds is 5. The highest BCUT2D eigenvalue weighted by molar-refractivity contribution is 7.17. The van der Waals surface area contributed by atoms with Crippen LogP contribution in [-0.4, -0.2) is 16.5 Å². The highest BCUT2D eigenvalue weighted by Crippen LogP contribution is 2.28. The van der Waals surface area contributed by atoms with E-state index < -0.39 is 0 Å². The third-order valence-electron chi connectivity index (χ3n) is 3.61. The van der Waals surface area contributed by atoms with Gasteiger partial charge in [-0.2, -0.15) is 0 Å². The lowest BCUT2D eigenvalue weighted by molar-refractivity contribution is 0.291. The van der Waals surface area contributed by atoms with Crippen molar-refractivity contribution in [2.45, 2.75) is 32.2 Å². The van der Waals surface area contributed by atoms with Gasteiger partial charge in [0.15, 0.2) is 0 Å². The van der Waals surface area contributed by atoms with Gasteiger partial charge in [-0.05, 0) is 30.3 Å². The van der Waals surface area contributed by atoms with Crippen LogP contribution < -0.4 is 10.9 Å². The second-order valence-electron chi connectivity index (χ2n) is 4.91. The van der Waals surface area contributed by atoms with E-state index >= 15 is 0 Å². The normalized spacial score (nSPS) is 16.0. The van der Waals surface area contributed by atoms with Crippen LogP contribution in [0.2, 0.25) is 0 Å². The van der Waals surface area contributed by atoms with Crippen LogP contribution in [0.1, 0.15) is 31.5 Å². The van der Waals surface area contributed by atoms with Gasteiger partial charge < -0.3 is 10.3 Å². The van der Waals surface area contributed by atoms with E-state index in [1.165, 1.54) is 37.0 Å². The maximum atomic E-state index is 11.7. The number of nitrogens with zero attached hydrogens (tertiary/aromatic N) is 1. The van der Waals surface area contributed by atoms with Crippen molar-refractivity contribution in [3.8, 4) is 0 Å². The van der Waals surface area contributed by atoms with Gasteiger partial charge in [-0.25, -0.2) is 4.98 Å². The van der Waals surface area contributed by atoms with Crippen molar-refractivity contribution in [3.05, 3.63) is 27.6 Å². The van der Waals surface area contributed by atoms with E-state index in [-0.39, 0.29) is 5.56 Å². The Morgan fingerprint density at radius 2 is 2.39 bits per heavy atom. The molecule has 0 atom stereocenters. The van der Waals surface area contributed by atoms with Crippen LogP contribution in [-0.2, 0) is 6.54 Å². The Bertz CT molecular complexity index is 585. The topological polar surface area (TPSA) is 57.8 Å². The molecule has 2 N–H and O–H groups in total. The molecule has 0 radical (unpaired) electrons. The molecule has 4 nitrogen and oxygen atoms in total. The van der Waals surface area contributed by atoms with Gasteiger partial charge in [0.25, 0.3) is 5.56 Å². The minimum absolute atomic E-state index is 0.0224. The fourth-order valence-corrected chi connectivity index (χ4v) is 3.03. The van der Waals surface area contributed by atoms with Crippen LogP contribution >= 0.6 is 11.3 Å². The number of thiophene rings is 1. The molecule has 2 heterocycles. The molecule has 0 unspecified atom stereocenters. The minimum Gasteiger partial charge on any atom is -0.310 e. The molecular weight excluding hydrogens is 246 g/mol. The largest absolute Gasteiger partial charge is 0.310 e. The molecule has 3 rings (SSSR count). The molecular formula is C13H17N3OS. The maximum Gasteiger partial charge on any atom is 0.268 e. The molecule has 0 aliphatic heterocycles. The first kappa shape index (κ1) is 11.9. The van der Waals surface area contributed by atoms with Crippen molar-refractivity contribution in [2.75, 3.05) is 6.54 Å². The van der Waals surface area contributed by atoms with Gasteiger partial charge in [0.2, 0.25) is 0 Å². The highest BCUT2D eigenvalue weighted by atomic mass is 32.1. The summed E-state index contributed by atoms with van der Waals surface area (Å²) in [6.07, 6.45) is 5.41. The first-order chi connectivity index (χ1) is 8.83. The molecule has 0 spiro atoms. The zero-order chi connectivity index (χ0) is 12.4. The Hall–Kier alpha value is -1.20. The van der Waals surface area contributed by atoms with Crippen LogP contribution in [0.3, 0.4) is 0 Å². The molecule has 1 aliphatic carbocycles. The third kappa shape index (κ3) is 2.47. The highest BCUT2D eigenvalue weighted by Gasteiger charge is 2.16. The second kappa shape index (κ2) is 5.20. The first-order valence-corrected chi connectivity index (χ1v) is 7.38. The Morgan fingerprint density at radius 3 is 3.17 bits per heavy atom. The SMILES string of the molecule is O=c1[nH]c(CNCCC2CCC2)nc2ccsc12. The summed E-state index contributed by atoms with van der Waals surface area (Å²) in [6.45, 7) is 1.66. The van der Waals surface area contributed by atoms with Crippen LogP contribution in [0.4, 0.5) is 0 Å². The number of aromatic nitrogens is 2. The lowest BCUT2D eigenvalue weighted by atomic mass is 9.83. The van der Waals surface area contributed by atoms with Gasteiger partial charge in [0.05, 0.1) is 12.1 Å². The third-order valence-corrected chi connectivity index (χ3v) is 4.51. The monoisotopic (exact) mass is 263 g/mol. The van der Waals surface area contributed by atoms with E-state index in [1.54, 1.807) is 0 Å². The molecule has 5 heteroatoms. The van der Waals surface area contributed by atoms with Crippen molar-refractivity contribution in [1.82, 2.24) is 15.3 Å². The summed E-state index contributed by atoms with van der Waals surface area (Å²) in [5, 5.41) is 5.26. The Morgan fingerprint density at radius 1 is 1.50 bits per heavy atom. The predicted octanol–water partition coefficient (Wildman–Crippen LogP) is 2.26. The van der Waals surface area contributed by atoms with E-state index in [2.05, 4.69) is 15.3 Å². The number of fused-ring (bicyclic) bond motifs is 1. The van der Waals surface area contributed by atoms with Crippen molar-refractivity contribution in [3.63, 3.8) is 0 Å². The average Bonchev–Trinajstić information content (AvgIpc) is 2.75. The van der Waals surface area contributed by atoms with Crippen molar-refractivity contribution >= 4 is 21.6 Å². The fourth-order valence-electron chi connectivity index (χ4n) is 2.30. The van der Waals surface area contributed by atoms with E-state index in [4.69, 9.17) is 0 Å². The van der Waals surface area contributed by atoms with Crippen LogP contribution in [0.25, 0.3) is 10.2 Å². The minimum atomic E-state index is -0.0224. The molecule has 0 bridgehead atoms. The fraction of sp³-hybridized carbons (Fsp3) is 0.538. The lowest BCUT2D eigenvalue weighted by Crippen LogP contribution is -2.23. The molecule has 2 aromatic rings. The zero-order valence-corrected chi connectivity index (χ0v) is 11.1. The van der Waals surface area contributed by atoms with Gasteiger partial charge in [-0.3, -0.25) is 4.79 Å². The van der Waals surface area contributed by atoms with Gasteiger partial charge >= 0.3 is 0 Å². The summed E-state index contributed by atoms with van der Waals surface area (Å²) in [5.41, 5.74) is 0.783. The van der Waals surface area contributed by atoms with Gasteiger partial charge in [0, 0.05) is 0 Å². The summed E-state index contributed by atoms with van der Waals surface area (Å²) < 4.78 is 0.716. The number of nitrogens with one attached hydrogen (secondary N) is 2. The predicted molar refractivity (Wildman–Crippen MR) is 73.9 cm³/mol. The molecule has 0 aromatic carbocycles. The number of H-pyrrole nitrogens is 1. The smallest absolute Gasteiger partial charge is 0.268 e. The van der Waals surface area contributed by atoms with Crippen molar-refractivity contribution in [1.29, 1.82) is 0 Å². The summed E-state index contributed by atoms with van der Waals surface area (Å²) in [6, 6.07) is 1.90. The van der Waals surface area contributed by atoms with Gasteiger partial charge in [-0.15, -0.1) is 11.3 Å². The first-order valence-electron chi connectivity index (χ1n) is 6.50. The van der Waals surface area contributed by atoms with Crippen LogP contribution in [0.5, 0.6) is 0 Å². The number of hydrogen-bond donors (Lipinski definition) is 2. The summed E-state index contributed by atoms with van der Waals surface area (Å²) >= 11 is 1.44. The van der Waals surface area contributed by atoms with Crippen LogP contribution in [0.15, 0.2) is 16.2 Å². The Kier molecular flexibility index (Phi) is 3.43. The molecule has 1 fully saturated rings. The quantitative estimate of drug-likeness (QED) is 0.814. The van der Waals surface area contributed by atoms with Crippen molar-refractivity contribution < 1.29 is 0 Å². The summed E-state index contributed by atoms with van der Waals surface area (Å²) in [7, 11) is 0. The number of aromatic amines is 1. The molecule has 96 valence electrons. The Labute approximate surface area is 109 Å². The standard InChI is InChI=1S/C13H17N3OS/c17-13-12-10(5-7-18-12)15-11(16-13)8-14-6-4-9-2-1-3-9/h5,7,9,14H,1-4,6,8H2,(H,15,16,17). The molecule has 18 heavy (non-hydrogen) atoms. The zero-order valence-electron chi connectivity index (χ0n) is 10.2. The average molecular weight is 263 g/mol. The number of hydrogen-bond acceptors (Lipinski definition) is 4. The molecule has 2 aromatic heterocycles. The van der Waals surface area contributed by atoms with E-state index in [0.29, 0.717) is 11.2 Å². The van der Waals surface area contributed by atoms with E-state index in [1.807, 2.05) is 11.4 Å². The summed E-state index contributed by atoms with van der Waals surface area (Å²) in [5.74, 6) is 1.66. The van der Waals surface area contributed by atoms with Crippen molar-refractivity contribution in [2.24, 2.45) is 5.92 Å². The second-order valence-corrected chi connectivity index (χ2v) is 5.83. The van der Waals surface area contributed by atoms with Gasteiger partial charge in [-0.1, -0.05) is 19.3 Å². The molecule has 0 amide bonds. The molecule has 1 aliphatic rings. The van der Waals surface area contributed by atoms with E-state index in [9.17, 15) is 4.79 Å². The van der Waals surface area contributed by atoms with Crippen LogP contribution in [0, 0.1) is 5.92 Å². The van der Waals surface area contributed by atoms with Gasteiger partial charge in [0.1, 0.15) is 10.5 Å². The maximum absolute atomic E-state index is 11.7. The van der Waals surface area contributed by atoms with E-state index in [0.717, 1.165) is 23.8 Å². The Balaban J connectivity index is 1.58. The lowest BCUT2D eigenvalue weighted by Gasteiger charge is -2.25.